The molecule has 4 nitrogen and oxygen atoms in total. The maximum Gasteiger partial charge on any atom is 0.191 e. The molecule has 0 spiro atoms. The van der Waals surface area contributed by atoms with Crippen LogP contribution in [0.25, 0.3) is 0 Å². The van der Waals surface area contributed by atoms with Crippen LogP contribution in [0.1, 0.15) is 27.7 Å². The highest BCUT2D eigenvalue weighted by Gasteiger charge is 2.18. The molecule has 0 heterocycles. The average Bonchev–Trinajstić information content (AvgIpc) is 2.24. The minimum absolute atomic E-state index is 0. The number of guanidine groups is 1. The van der Waals surface area contributed by atoms with Gasteiger partial charge in [0, 0.05) is 34.4 Å². The van der Waals surface area contributed by atoms with Gasteiger partial charge < -0.3 is 10.6 Å². The van der Waals surface area contributed by atoms with Gasteiger partial charge in [0.2, 0.25) is 0 Å². The monoisotopic (exact) mass is 387 g/mol. The van der Waals surface area contributed by atoms with E-state index >= 15 is 0 Å². The molecule has 0 aliphatic rings. The molecule has 1 unspecified atom stereocenters. The van der Waals surface area contributed by atoms with Gasteiger partial charge in [-0.2, -0.15) is 0 Å². The largest absolute Gasteiger partial charge is 0.357 e. The second-order valence-corrected chi connectivity index (χ2v) is 6.92. The quantitative estimate of drug-likeness (QED) is 0.317. The molecule has 0 amide bonds. The first kappa shape index (κ1) is 20.2. The van der Waals surface area contributed by atoms with Gasteiger partial charge in [-0.05, 0) is 27.7 Å². The molecule has 6 heteroatoms. The van der Waals surface area contributed by atoms with Gasteiger partial charge in [0.05, 0.1) is 6.54 Å². The third-order valence-corrected chi connectivity index (χ3v) is 3.91. The second-order valence-electron chi connectivity index (χ2n) is 4.59. The zero-order valence-corrected chi connectivity index (χ0v) is 14.9. The molecule has 0 radical (unpaired) electrons. The summed E-state index contributed by atoms with van der Waals surface area (Å²) >= 11 is 0. The fraction of sp³-hybridized carbons (Fsp3) is 0.750. The van der Waals surface area contributed by atoms with Crippen molar-refractivity contribution in [1.82, 2.24) is 10.6 Å². The minimum Gasteiger partial charge on any atom is -0.357 e. The number of halogens is 1. The van der Waals surface area contributed by atoms with Crippen LogP contribution in [0.4, 0.5) is 0 Å². The van der Waals surface area contributed by atoms with Crippen molar-refractivity contribution in [3.63, 3.8) is 0 Å². The molecule has 0 aromatic heterocycles. The maximum absolute atomic E-state index is 11.8. The normalized spacial score (nSPS) is 13.4. The van der Waals surface area contributed by atoms with Gasteiger partial charge in [-0.3, -0.25) is 9.20 Å². The van der Waals surface area contributed by atoms with E-state index in [1.165, 1.54) is 0 Å². The first-order valence-electron chi connectivity index (χ1n) is 5.93. The van der Waals surface area contributed by atoms with E-state index in [2.05, 4.69) is 22.2 Å². The molecule has 108 valence electrons. The van der Waals surface area contributed by atoms with Crippen molar-refractivity contribution in [1.29, 1.82) is 0 Å². The van der Waals surface area contributed by atoms with Gasteiger partial charge >= 0.3 is 0 Å². The molecule has 0 fully saturated rings. The summed E-state index contributed by atoms with van der Waals surface area (Å²) in [7, 11) is -0.846. The molecule has 1 atom stereocenters. The molecule has 0 aromatic carbocycles. The van der Waals surface area contributed by atoms with Crippen LogP contribution in [-0.2, 0) is 10.8 Å². The van der Waals surface area contributed by atoms with Gasteiger partial charge in [0.25, 0.3) is 0 Å². The molecule has 0 aliphatic heterocycles. The molecule has 0 bridgehead atoms. The van der Waals surface area contributed by atoms with E-state index in [1.54, 1.807) is 6.08 Å². The van der Waals surface area contributed by atoms with Gasteiger partial charge in [0.1, 0.15) is 0 Å². The lowest BCUT2D eigenvalue weighted by molar-refractivity contribution is 0.648. The van der Waals surface area contributed by atoms with E-state index in [0.29, 0.717) is 18.8 Å². The lowest BCUT2D eigenvalue weighted by Gasteiger charge is -2.17. The topological polar surface area (TPSA) is 53.5 Å². The standard InChI is InChI=1S/C12H25N3OS.HI/c1-6-8-14-11(13-7-2)15-9-10-17(16)12(3,4)5;/h6H,1,7-10H2,2-5H3,(H2,13,14,15);1H. The molecule has 0 saturated carbocycles. The van der Waals surface area contributed by atoms with Gasteiger partial charge in [-0.25, -0.2) is 0 Å². The van der Waals surface area contributed by atoms with Crippen molar-refractivity contribution in [2.45, 2.75) is 32.4 Å². The van der Waals surface area contributed by atoms with Crippen LogP contribution in [0.15, 0.2) is 17.6 Å². The predicted octanol–water partition coefficient (Wildman–Crippen LogP) is 1.89. The minimum atomic E-state index is -0.846. The van der Waals surface area contributed by atoms with Crippen LogP contribution >= 0.6 is 24.0 Å². The number of aliphatic imine (C=N–C) groups is 1. The summed E-state index contributed by atoms with van der Waals surface area (Å²) in [6.07, 6.45) is 1.78. The Balaban J connectivity index is 0. The lowest BCUT2D eigenvalue weighted by atomic mass is 10.3. The third kappa shape index (κ3) is 9.87. The van der Waals surface area contributed by atoms with Crippen LogP contribution in [0, 0.1) is 0 Å². The van der Waals surface area contributed by atoms with Crippen molar-refractivity contribution >= 4 is 40.7 Å². The summed E-state index contributed by atoms with van der Waals surface area (Å²) in [6, 6.07) is 0. The Morgan fingerprint density at radius 3 is 2.44 bits per heavy atom. The molecular weight excluding hydrogens is 361 g/mol. The van der Waals surface area contributed by atoms with Crippen LogP contribution in [0.5, 0.6) is 0 Å². The number of nitrogens with one attached hydrogen (secondary N) is 2. The molecule has 0 aromatic rings. The van der Waals surface area contributed by atoms with Crippen molar-refractivity contribution < 1.29 is 4.21 Å². The second kappa shape index (κ2) is 10.8. The van der Waals surface area contributed by atoms with Crippen molar-refractivity contribution in [3.8, 4) is 0 Å². The molecule has 0 saturated heterocycles. The van der Waals surface area contributed by atoms with E-state index < -0.39 is 10.8 Å². The van der Waals surface area contributed by atoms with E-state index in [9.17, 15) is 4.21 Å². The Hall–Kier alpha value is -0.110. The van der Waals surface area contributed by atoms with Crippen molar-refractivity contribution in [3.05, 3.63) is 12.7 Å². The summed E-state index contributed by atoms with van der Waals surface area (Å²) in [5.74, 6) is 1.34. The summed E-state index contributed by atoms with van der Waals surface area (Å²) in [5, 5.41) is 6.23. The van der Waals surface area contributed by atoms with E-state index in [1.807, 2.05) is 27.7 Å². The van der Waals surface area contributed by atoms with E-state index in [-0.39, 0.29) is 28.7 Å². The fourth-order valence-corrected chi connectivity index (χ4v) is 1.93. The number of rotatable bonds is 6. The Morgan fingerprint density at radius 1 is 1.39 bits per heavy atom. The van der Waals surface area contributed by atoms with Gasteiger partial charge in [0.15, 0.2) is 5.96 Å². The first-order chi connectivity index (χ1) is 7.91. The summed E-state index contributed by atoms with van der Waals surface area (Å²) in [6.45, 7) is 13.6. The number of hydrogen-bond acceptors (Lipinski definition) is 2. The van der Waals surface area contributed by atoms with Crippen molar-refractivity contribution in [2.24, 2.45) is 4.99 Å². The van der Waals surface area contributed by atoms with Gasteiger partial charge in [-0.1, -0.05) is 6.08 Å². The fourth-order valence-electron chi connectivity index (χ4n) is 1.06. The van der Waals surface area contributed by atoms with Crippen LogP contribution < -0.4 is 10.6 Å². The third-order valence-electron chi connectivity index (χ3n) is 1.99. The molecule has 0 rings (SSSR count). The summed E-state index contributed by atoms with van der Waals surface area (Å²) < 4.78 is 11.6. The Morgan fingerprint density at radius 2 is 2.00 bits per heavy atom. The average molecular weight is 387 g/mol. The lowest BCUT2D eigenvalue weighted by Crippen LogP contribution is -2.37. The highest BCUT2D eigenvalue weighted by Crippen LogP contribution is 2.10. The first-order valence-corrected chi connectivity index (χ1v) is 7.25. The number of hydrogen-bond donors (Lipinski definition) is 2. The number of nitrogens with zero attached hydrogens (tertiary/aromatic N) is 1. The van der Waals surface area contributed by atoms with E-state index in [0.717, 1.165) is 12.5 Å². The van der Waals surface area contributed by atoms with Crippen LogP contribution in [0.2, 0.25) is 0 Å². The smallest absolute Gasteiger partial charge is 0.191 e. The molecule has 18 heavy (non-hydrogen) atoms. The Kier molecular flexibility index (Phi) is 12.1. The summed E-state index contributed by atoms with van der Waals surface area (Å²) in [5.41, 5.74) is 0. The van der Waals surface area contributed by atoms with Crippen LogP contribution in [0.3, 0.4) is 0 Å². The Labute approximate surface area is 131 Å². The van der Waals surface area contributed by atoms with Crippen LogP contribution in [-0.4, -0.2) is 40.3 Å². The zero-order chi connectivity index (χ0) is 13.3. The molecule has 0 aliphatic carbocycles. The molecule has 2 N–H and O–H groups in total. The predicted molar refractivity (Wildman–Crippen MR) is 92.4 cm³/mol. The van der Waals surface area contributed by atoms with Crippen molar-refractivity contribution in [2.75, 3.05) is 25.4 Å². The highest BCUT2D eigenvalue weighted by atomic mass is 127. The zero-order valence-electron chi connectivity index (χ0n) is 11.8. The highest BCUT2D eigenvalue weighted by molar-refractivity contribution is 14.0. The Bertz CT molecular complexity index is 288. The molecular formula is C12H26IN3OS. The van der Waals surface area contributed by atoms with Gasteiger partial charge in [-0.15, -0.1) is 30.6 Å². The SMILES string of the molecule is C=CCNC(=NCCS(=O)C(C)(C)C)NCC.I. The van der Waals surface area contributed by atoms with E-state index in [4.69, 9.17) is 0 Å². The summed E-state index contributed by atoms with van der Waals surface area (Å²) in [4.78, 5) is 4.36. The maximum atomic E-state index is 11.8.